The monoisotopic (exact) mass is 194 g/mol. The fourth-order valence-electron chi connectivity index (χ4n) is 0.714. The van der Waals surface area contributed by atoms with Gasteiger partial charge < -0.3 is 0 Å². The predicted molar refractivity (Wildman–Crippen MR) is 38.0 cm³/mol. The van der Waals surface area contributed by atoms with Crippen molar-refractivity contribution in [3.05, 3.63) is 5.82 Å². The standard InChI is InChI=1S/C6H9F3N4/c1-4(2)5-10-12-13(11-5)3-6(7,8)9/h4H,3H2,1-2H3. The Kier molecular flexibility index (Phi) is 2.53. The summed E-state index contributed by atoms with van der Waals surface area (Å²) in [7, 11) is 0. The Morgan fingerprint density at radius 1 is 1.38 bits per heavy atom. The van der Waals surface area contributed by atoms with Crippen molar-refractivity contribution in [3.8, 4) is 0 Å². The van der Waals surface area contributed by atoms with E-state index in [0.29, 0.717) is 10.6 Å². The first-order valence-electron chi connectivity index (χ1n) is 3.73. The highest BCUT2D eigenvalue weighted by atomic mass is 19.4. The molecule has 0 unspecified atom stereocenters. The minimum absolute atomic E-state index is 0.0121. The van der Waals surface area contributed by atoms with Gasteiger partial charge in [-0.05, 0) is 5.21 Å². The van der Waals surface area contributed by atoms with Crippen LogP contribution in [0, 0.1) is 0 Å². The lowest BCUT2D eigenvalue weighted by Gasteiger charge is -2.02. The molecule has 0 aliphatic heterocycles. The Bertz CT molecular complexity index is 278. The van der Waals surface area contributed by atoms with Gasteiger partial charge in [-0.3, -0.25) is 0 Å². The molecule has 13 heavy (non-hydrogen) atoms. The van der Waals surface area contributed by atoms with Crippen LogP contribution < -0.4 is 0 Å². The molecule has 0 spiro atoms. The minimum Gasteiger partial charge on any atom is -0.169 e. The number of hydrogen-bond donors (Lipinski definition) is 0. The Morgan fingerprint density at radius 2 is 2.00 bits per heavy atom. The molecule has 0 atom stereocenters. The summed E-state index contributed by atoms with van der Waals surface area (Å²) in [6, 6.07) is 0. The first-order chi connectivity index (χ1) is 5.88. The smallest absolute Gasteiger partial charge is 0.169 e. The Labute approximate surface area is 72.7 Å². The normalized spacial score (nSPS) is 12.5. The van der Waals surface area contributed by atoms with Crippen LogP contribution in [0.5, 0.6) is 0 Å². The van der Waals surface area contributed by atoms with Crippen LogP contribution in [0.1, 0.15) is 25.6 Å². The molecule has 0 aliphatic carbocycles. The lowest BCUT2D eigenvalue weighted by atomic mass is 10.2. The average molecular weight is 194 g/mol. The maximum absolute atomic E-state index is 11.8. The molecule has 0 saturated carbocycles. The summed E-state index contributed by atoms with van der Waals surface area (Å²) in [6.07, 6.45) is -4.30. The molecule has 1 aromatic heterocycles. The van der Waals surface area contributed by atoms with E-state index in [0.717, 1.165) is 0 Å². The van der Waals surface area contributed by atoms with Gasteiger partial charge in [0.2, 0.25) is 0 Å². The number of hydrogen-bond acceptors (Lipinski definition) is 3. The molecule has 0 radical (unpaired) electrons. The molecular weight excluding hydrogens is 185 g/mol. The van der Waals surface area contributed by atoms with E-state index in [1.165, 1.54) is 0 Å². The third kappa shape index (κ3) is 3.00. The number of rotatable bonds is 2. The lowest BCUT2D eigenvalue weighted by molar-refractivity contribution is -0.145. The zero-order valence-corrected chi connectivity index (χ0v) is 7.21. The average Bonchev–Trinajstić information content (AvgIpc) is 2.31. The van der Waals surface area contributed by atoms with Gasteiger partial charge in [0.15, 0.2) is 12.4 Å². The van der Waals surface area contributed by atoms with Gasteiger partial charge >= 0.3 is 6.18 Å². The first-order valence-corrected chi connectivity index (χ1v) is 3.73. The van der Waals surface area contributed by atoms with Crippen LogP contribution in [0.3, 0.4) is 0 Å². The molecule has 74 valence electrons. The van der Waals surface area contributed by atoms with Crippen molar-refractivity contribution in [2.75, 3.05) is 0 Å². The SMILES string of the molecule is CC(C)c1nnn(CC(F)(F)F)n1. The van der Waals surface area contributed by atoms with Crippen molar-refractivity contribution >= 4 is 0 Å². The van der Waals surface area contributed by atoms with E-state index in [2.05, 4.69) is 15.4 Å². The number of halogens is 3. The molecule has 7 heteroatoms. The number of nitrogens with zero attached hydrogens (tertiary/aromatic N) is 4. The Morgan fingerprint density at radius 3 is 2.38 bits per heavy atom. The Balaban J connectivity index is 2.70. The van der Waals surface area contributed by atoms with Crippen molar-refractivity contribution in [2.24, 2.45) is 0 Å². The van der Waals surface area contributed by atoms with Crippen LogP contribution in [0.15, 0.2) is 0 Å². The summed E-state index contributed by atoms with van der Waals surface area (Å²) in [5.41, 5.74) is 0. The summed E-state index contributed by atoms with van der Waals surface area (Å²) >= 11 is 0. The molecule has 0 amide bonds. The number of tetrazole rings is 1. The van der Waals surface area contributed by atoms with Crippen LogP contribution in [-0.4, -0.2) is 26.4 Å². The second-order valence-electron chi connectivity index (χ2n) is 2.95. The molecule has 4 nitrogen and oxygen atoms in total. The summed E-state index contributed by atoms with van der Waals surface area (Å²) < 4.78 is 35.5. The second-order valence-corrected chi connectivity index (χ2v) is 2.95. The van der Waals surface area contributed by atoms with Gasteiger partial charge in [-0.1, -0.05) is 13.8 Å². The quantitative estimate of drug-likeness (QED) is 0.713. The van der Waals surface area contributed by atoms with Gasteiger partial charge in [0.25, 0.3) is 0 Å². The summed E-state index contributed by atoms with van der Waals surface area (Å²) in [4.78, 5) is 0.551. The van der Waals surface area contributed by atoms with Crippen molar-refractivity contribution < 1.29 is 13.2 Å². The highest BCUT2D eigenvalue weighted by Crippen LogP contribution is 2.16. The molecule has 0 aromatic carbocycles. The lowest BCUT2D eigenvalue weighted by Crippen LogP contribution is -2.19. The van der Waals surface area contributed by atoms with Crippen molar-refractivity contribution in [1.82, 2.24) is 20.2 Å². The van der Waals surface area contributed by atoms with Gasteiger partial charge in [0, 0.05) is 5.92 Å². The topological polar surface area (TPSA) is 43.6 Å². The number of aromatic nitrogens is 4. The van der Waals surface area contributed by atoms with E-state index in [1.807, 2.05) is 0 Å². The van der Waals surface area contributed by atoms with Gasteiger partial charge in [0.1, 0.15) is 0 Å². The maximum atomic E-state index is 11.8. The van der Waals surface area contributed by atoms with Crippen LogP contribution in [0.4, 0.5) is 13.2 Å². The predicted octanol–water partition coefficient (Wildman–Crippen LogP) is 1.36. The van der Waals surface area contributed by atoms with Crippen LogP contribution in [0.25, 0.3) is 0 Å². The molecule has 0 bridgehead atoms. The largest absolute Gasteiger partial charge is 0.409 e. The maximum Gasteiger partial charge on any atom is 0.409 e. The summed E-state index contributed by atoms with van der Waals surface area (Å²) in [6.45, 7) is 2.39. The van der Waals surface area contributed by atoms with Crippen LogP contribution in [0.2, 0.25) is 0 Å². The third-order valence-corrected chi connectivity index (χ3v) is 1.31. The summed E-state index contributed by atoms with van der Waals surface area (Å²) in [5, 5.41) is 10.3. The zero-order chi connectivity index (χ0) is 10.1. The van der Waals surface area contributed by atoms with Gasteiger partial charge in [-0.15, -0.1) is 10.2 Å². The number of alkyl halides is 3. The zero-order valence-electron chi connectivity index (χ0n) is 7.21. The Hall–Kier alpha value is -1.14. The fourth-order valence-corrected chi connectivity index (χ4v) is 0.714. The van der Waals surface area contributed by atoms with E-state index >= 15 is 0 Å². The van der Waals surface area contributed by atoms with Crippen molar-refractivity contribution in [1.29, 1.82) is 0 Å². The van der Waals surface area contributed by atoms with Crippen molar-refractivity contribution in [3.63, 3.8) is 0 Å². The molecule has 0 saturated heterocycles. The molecule has 1 heterocycles. The van der Waals surface area contributed by atoms with E-state index in [9.17, 15) is 13.2 Å². The highest BCUT2D eigenvalue weighted by molar-refractivity contribution is 4.84. The molecule has 0 fully saturated rings. The van der Waals surface area contributed by atoms with Crippen LogP contribution >= 0.6 is 0 Å². The highest BCUT2D eigenvalue weighted by Gasteiger charge is 2.29. The first kappa shape index (κ1) is 9.94. The van der Waals surface area contributed by atoms with Crippen molar-refractivity contribution in [2.45, 2.75) is 32.5 Å². The molecule has 0 N–H and O–H groups in total. The molecular formula is C6H9F3N4. The van der Waals surface area contributed by atoms with Gasteiger partial charge in [-0.2, -0.15) is 18.0 Å². The van der Waals surface area contributed by atoms with E-state index in [1.54, 1.807) is 13.8 Å². The third-order valence-electron chi connectivity index (χ3n) is 1.31. The molecule has 0 aliphatic rings. The second kappa shape index (κ2) is 3.31. The van der Waals surface area contributed by atoms with E-state index in [4.69, 9.17) is 0 Å². The van der Waals surface area contributed by atoms with Crippen LogP contribution in [-0.2, 0) is 6.54 Å². The fraction of sp³-hybridized carbons (Fsp3) is 0.833. The van der Waals surface area contributed by atoms with Gasteiger partial charge in [0.05, 0.1) is 0 Å². The van der Waals surface area contributed by atoms with E-state index < -0.39 is 12.7 Å². The van der Waals surface area contributed by atoms with Gasteiger partial charge in [-0.25, -0.2) is 0 Å². The molecule has 1 aromatic rings. The summed E-state index contributed by atoms with van der Waals surface area (Å²) in [5.74, 6) is 0.311. The molecule has 1 rings (SSSR count). The van der Waals surface area contributed by atoms with E-state index in [-0.39, 0.29) is 5.92 Å². The minimum atomic E-state index is -4.30.